The van der Waals surface area contributed by atoms with Crippen LogP contribution in [0, 0.1) is 0 Å². The zero-order valence-corrected chi connectivity index (χ0v) is 17.2. The van der Waals surface area contributed by atoms with Crippen LogP contribution in [0.1, 0.15) is 51.5 Å². The number of rotatable bonds is 9. The molecular weight excluding hydrogens is 346 g/mol. The van der Waals surface area contributed by atoms with Crippen molar-refractivity contribution < 1.29 is 13.7 Å². The van der Waals surface area contributed by atoms with Crippen LogP contribution in [-0.4, -0.2) is 0 Å². The Bertz CT molecular complexity index is 966. The van der Waals surface area contributed by atoms with Crippen LogP contribution in [-0.2, 0) is 13.0 Å². The number of oxazole rings is 1. The molecule has 0 atom stereocenters. The first kappa shape index (κ1) is 19.9. The Morgan fingerprint density at radius 2 is 1.82 bits per heavy atom. The molecule has 3 nitrogen and oxygen atoms in total. The molecule has 0 fully saturated rings. The second-order valence-electron chi connectivity index (χ2n) is 6.96. The number of hydrogen-bond acceptors (Lipinski definition) is 2. The molecule has 0 unspecified atom stereocenters. The van der Waals surface area contributed by atoms with Crippen molar-refractivity contribution in [1.29, 1.82) is 0 Å². The first-order valence-corrected chi connectivity index (χ1v) is 10.2. The van der Waals surface area contributed by atoms with E-state index in [1.54, 1.807) is 0 Å². The second-order valence-corrected chi connectivity index (χ2v) is 6.96. The van der Waals surface area contributed by atoms with Gasteiger partial charge in [0.25, 0.3) is 5.52 Å². The summed E-state index contributed by atoms with van der Waals surface area (Å²) in [5.74, 6) is 2.65. The Balaban J connectivity index is 1.72. The largest absolute Gasteiger partial charge is 0.462 e. The normalized spacial score (nSPS) is 12.2. The molecule has 0 aliphatic heterocycles. The molecule has 0 saturated heterocycles. The zero-order chi connectivity index (χ0) is 19.8. The van der Waals surface area contributed by atoms with Crippen LogP contribution < -0.4 is 9.30 Å². The fourth-order valence-corrected chi connectivity index (χ4v) is 3.35. The average Bonchev–Trinajstić information content (AvgIpc) is 3.07. The van der Waals surface area contributed by atoms with Crippen LogP contribution in [0.5, 0.6) is 5.75 Å². The molecule has 1 aromatic heterocycles. The molecule has 3 heteroatoms. The molecule has 0 radical (unpaired) electrons. The molecule has 1 heterocycles. The van der Waals surface area contributed by atoms with E-state index in [9.17, 15) is 0 Å². The van der Waals surface area contributed by atoms with Crippen LogP contribution >= 0.6 is 0 Å². The average molecular weight is 377 g/mol. The van der Waals surface area contributed by atoms with E-state index in [1.165, 1.54) is 24.8 Å². The van der Waals surface area contributed by atoms with Gasteiger partial charge in [-0.3, -0.25) is 0 Å². The fourth-order valence-electron chi connectivity index (χ4n) is 3.35. The minimum absolute atomic E-state index is 0.840. The number of benzene rings is 2. The van der Waals surface area contributed by atoms with Crippen molar-refractivity contribution in [3.05, 3.63) is 77.9 Å². The fraction of sp³-hybridized carbons (Fsp3) is 0.320. The summed E-state index contributed by atoms with van der Waals surface area (Å²) in [6.45, 7) is 7.20. The van der Waals surface area contributed by atoms with Crippen molar-refractivity contribution in [3.63, 3.8) is 0 Å². The Hall–Kier alpha value is -2.81. The molecule has 0 N–H and O–H groups in total. The van der Waals surface area contributed by atoms with E-state index in [2.05, 4.69) is 36.6 Å². The van der Waals surface area contributed by atoms with Gasteiger partial charge >= 0.3 is 5.89 Å². The molecule has 0 aliphatic rings. The highest BCUT2D eigenvalue weighted by molar-refractivity contribution is 5.69. The topological polar surface area (TPSA) is 26.2 Å². The number of fused-ring (bicyclic) bond motifs is 1. The summed E-state index contributed by atoms with van der Waals surface area (Å²) < 4.78 is 14.2. The summed E-state index contributed by atoms with van der Waals surface area (Å²) in [5, 5.41) is 0. The summed E-state index contributed by atoms with van der Waals surface area (Å²) >= 11 is 0. The monoisotopic (exact) mass is 376 g/mol. The molecule has 0 saturated carbocycles. The van der Waals surface area contributed by atoms with E-state index >= 15 is 0 Å². The van der Waals surface area contributed by atoms with Crippen LogP contribution in [0.3, 0.4) is 0 Å². The third-order valence-corrected chi connectivity index (χ3v) is 4.82. The zero-order valence-electron chi connectivity index (χ0n) is 17.2. The number of aryl methyl sites for hydroxylation is 2. The molecule has 3 aromatic rings. The molecule has 0 amide bonds. The lowest BCUT2D eigenvalue weighted by Crippen LogP contribution is -2.33. The number of para-hydroxylation sites is 3. The second kappa shape index (κ2) is 9.93. The number of allylic oxidation sites excluding steroid dienone is 3. The van der Waals surface area contributed by atoms with Crippen LogP contribution in [0.2, 0.25) is 0 Å². The highest BCUT2D eigenvalue weighted by Gasteiger charge is 2.17. The maximum Gasteiger partial charge on any atom is 0.374 e. The number of nitrogens with zero attached hydrogens (tertiary/aromatic N) is 1. The van der Waals surface area contributed by atoms with Crippen molar-refractivity contribution >= 4 is 17.2 Å². The maximum atomic E-state index is 6.10. The molecule has 0 spiro atoms. The minimum atomic E-state index is 0.840. The van der Waals surface area contributed by atoms with Gasteiger partial charge in [0.2, 0.25) is 5.58 Å². The van der Waals surface area contributed by atoms with E-state index in [4.69, 9.17) is 9.15 Å². The van der Waals surface area contributed by atoms with Gasteiger partial charge in [0.1, 0.15) is 18.1 Å². The summed E-state index contributed by atoms with van der Waals surface area (Å²) in [4.78, 5) is 0. The van der Waals surface area contributed by atoms with Crippen molar-refractivity contribution in [2.45, 2.75) is 53.0 Å². The maximum absolute atomic E-state index is 6.10. The van der Waals surface area contributed by atoms with Gasteiger partial charge < -0.3 is 9.15 Å². The summed E-state index contributed by atoms with van der Waals surface area (Å²) in [7, 11) is 0. The van der Waals surface area contributed by atoms with Gasteiger partial charge in [-0.2, -0.15) is 4.57 Å². The van der Waals surface area contributed by atoms with E-state index in [0.29, 0.717) is 0 Å². The Morgan fingerprint density at radius 3 is 2.64 bits per heavy atom. The van der Waals surface area contributed by atoms with E-state index in [-0.39, 0.29) is 0 Å². The van der Waals surface area contributed by atoms with Gasteiger partial charge in [-0.05, 0) is 56.5 Å². The van der Waals surface area contributed by atoms with Gasteiger partial charge in [0, 0.05) is 6.07 Å². The predicted molar refractivity (Wildman–Crippen MR) is 115 cm³/mol. The van der Waals surface area contributed by atoms with Crippen LogP contribution in [0.4, 0.5) is 0 Å². The molecule has 0 aliphatic carbocycles. The first-order valence-electron chi connectivity index (χ1n) is 10.2. The third kappa shape index (κ3) is 4.92. The lowest BCUT2D eigenvalue weighted by molar-refractivity contribution is -0.674. The van der Waals surface area contributed by atoms with E-state index < -0.39 is 0 Å². The quantitative estimate of drug-likeness (QED) is 0.185. The third-order valence-electron chi connectivity index (χ3n) is 4.82. The van der Waals surface area contributed by atoms with Crippen molar-refractivity contribution in [2.24, 2.45) is 0 Å². The molecule has 3 rings (SSSR count). The smallest absolute Gasteiger partial charge is 0.374 e. The standard InChI is InChI=1S/C25H30NO2/c1-4-6-7-14-21-15-8-10-17-23(21)27-20(3)13-12-19-25-26(5-2)22-16-9-11-18-24(22)28-25/h8-13,15-19H,4-7,14H2,1-3H3/q+1. The molecular formula is C25H30NO2+. The SMILES string of the molecule is CCCCCc1ccccc1OC(C)=CC=Cc1oc2ccccc2[n+]1CC. The molecule has 2 aromatic carbocycles. The number of ether oxygens (including phenoxy) is 1. The Morgan fingerprint density at radius 1 is 1.04 bits per heavy atom. The summed E-state index contributed by atoms with van der Waals surface area (Å²) in [5.41, 5.74) is 3.29. The lowest BCUT2D eigenvalue weighted by atomic mass is 10.1. The molecule has 28 heavy (non-hydrogen) atoms. The van der Waals surface area contributed by atoms with Gasteiger partial charge in [-0.25, -0.2) is 0 Å². The van der Waals surface area contributed by atoms with Crippen molar-refractivity contribution in [2.75, 3.05) is 0 Å². The number of aromatic nitrogens is 1. The van der Waals surface area contributed by atoms with Crippen molar-refractivity contribution in [1.82, 2.24) is 0 Å². The lowest BCUT2D eigenvalue weighted by Gasteiger charge is -2.11. The summed E-state index contributed by atoms with van der Waals surface area (Å²) in [6, 6.07) is 16.4. The Kier molecular flexibility index (Phi) is 7.07. The van der Waals surface area contributed by atoms with Crippen LogP contribution in [0.15, 0.2) is 70.9 Å². The first-order chi connectivity index (χ1) is 13.7. The van der Waals surface area contributed by atoms with Gasteiger partial charge in [0.15, 0.2) is 0 Å². The number of unbranched alkanes of at least 4 members (excludes halogenated alkanes) is 2. The Labute approximate surface area is 168 Å². The van der Waals surface area contributed by atoms with Crippen LogP contribution in [0.25, 0.3) is 17.2 Å². The van der Waals surface area contributed by atoms with E-state index in [0.717, 1.165) is 41.5 Å². The molecule has 0 bridgehead atoms. The van der Waals surface area contributed by atoms with Crippen molar-refractivity contribution in [3.8, 4) is 5.75 Å². The van der Waals surface area contributed by atoms with Gasteiger partial charge in [-0.1, -0.05) is 50.1 Å². The van der Waals surface area contributed by atoms with Gasteiger partial charge in [-0.15, -0.1) is 0 Å². The number of hydrogen-bond donors (Lipinski definition) is 0. The summed E-state index contributed by atoms with van der Waals surface area (Å²) in [6.07, 6.45) is 10.7. The van der Waals surface area contributed by atoms with Gasteiger partial charge in [0.05, 0.1) is 6.08 Å². The highest BCUT2D eigenvalue weighted by Crippen LogP contribution is 2.22. The minimum Gasteiger partial charge on any atom is -0.462 e. The molecule has 146 valence electrons. The van der Waals surface area contributed by atoms with E-state index in [1.807, 2.05) is 55.5 Å². The highest BCUT2D eigenvalue weighted by atomic mass is 16.5. The predicted octanol–water partition coefficient (Wildman–Crippen LogP) is 6.47.